The number of hydrogen-bond acceptors (Lipinski definition) is 3. The summed E-state index contributed by atoms with van der Waals surface area (Å²) in [5.41, 5.74) is 0. The van der Waals surface area contributed by atoms with Crippen LogP contribution in [-0.4, -0.2) is 47.6 Å². The highest BCUT2D eigenvalue weighted by atomic mass is 16.4. The van der Waals surface area contributed by atoms with E-state index in [0.29, 0.717) is 25.9 Å². The Hall–Kier alpha value is -1.10. The third-order valence-corrected chi connectivity index (χ3v) is 2.65. The molecule has 5 heteroatoms. The minimum absolute atomic E-state index is 0.00598. The van der Waals surface area contributed by atoms with E-state index in [0.717, 1.165) is 13.0 Å². The summed E-state index contributed by atoms with van der Waals surface area (Å²) in [5.74, 6) is -0.781. The lowest BCUT2D eigenvalue weighted by molar-refractivity contribution is -0.142. The van der Waals surface area contributed by atoms with Crippen LogP contribution in [0.2, 0.25) is 0 Å². The smallest absolute Gasteiger partial charge is 0.320 e. The van der Waals surface area contributed by atoms with Crippen LogP contribution in [0.25, 0.3) is 0 Å². The average molecular weight is 214 g/mol. The van der Waals surface area contributed by atoms with Crippen LogP contribution in [0.15, 0.2) is 0 Å². The van der Waals surface area contributed by atoms with Crippen LogP contribution in [0, 0.1) is 0 Å². The van der Waals surface area contributed by atoms with Crippen LogP contribution in [0.5, 0.6) is 0 Å². The van der Waals surface area contributed by atoms with Gasteiger partial charge in [0, 0.05) is 19.5 Å². The SMILES string of the molecule is CCNC(=O)CCN1CCCC1C(=O)O. The number of carbonyl (C=O) groups excluding carboxylic acids is 1. The van der Waals surface area contributed by atoms with Crippen molar-refractivity contribution in [1.82, 2.24) is 10.2 Å². The van der Waals surface area contributed by atoms with Gasteiger partial charge < -0.3 is 10.4 Å². The van der Waals surface area contributed by atoms with Gasteiger partial charge in [-0.1, -0.05) is 0 Å². The zero-order chi connectivity index (χ0) is 11.3. The van der Waals surface area contributed by atoms with Gasteiger partial charge in [-0.05, 0) is 26.3 Å². The van der Waals surface area contributed by atoms with E-state index in [1.807, 2.05) is 11.8 Å². The maximum Gasteiger partial charge on any atom is 0.320 e. The number of hydrogen-bond donors (Lipinski definition) is 2. The Morgan fingerprint density at radius 1 is 1.53 bits per heavy atom. The van der Waals surface area contributed by atoms with Gasteiger partial charge in [-0.15, -0.1) is 0 Å². The van der Waals surface area contributed by atoms with Crippen molar-refractivity contribution in [3.8, 4) is 0 Å². The molecule has 86 valence electrons. The number of rotatable bonds is 5. The van der Waals surface area contributed by atoms with Gasteiger partial charge in [0.25, 0.3) is 0 Å². The van der Waals surface area contributed by atoms with Crippen molar-refractivity contribution in [3.63, 3.8) is 0 Å². The summed E-state index contributed by atoms with van der Waals surface area (Å²) < 4.78 is 0. The minimum atomic E-state index is -0.775. The van der Waals surface area contributed by atoms with E-state index in [-0.39, 0.29) is 11.9 Å². The van der Waals surface area contributed by atoms with Crippen LogP contribution >= 0.6 is 0 Å². The fraction of sp³-hybridized carbons (Fsp3) is 0.800. The van der Waals surface area contributed by atoms with E-state index in [2.05, 4.69) is 5.32 Å². The Labute approximate surface area is 89.4 Å². The summed E-state index contributed by atoms with van der Waals surface area (Å²) in [6.45, 7) is 3.83. The van der Waals surface area contributed by atoms with Crippen LogP contribution < -0.4 is 5.32 Å². The summed E-state index contributed by atoms with van der Waals surface area (Å²) >= 11 is 0. The summed E-state index contributed by atoms with van der Waals surface area (Å²) in [4.78, 5) is 23.9. The van der Waals surface area contributed by atoms with Crippen molar-refractivity contribution in [2.24, 2.45) is 0 Å². The summed E-state index contributed by atoms with van der Waals surface area (Å²) in [7, 11) is 0. The Morgan fingerprint density at radius 3 is 2.87 bits per heavy atom. The Morgan fingerprint density at radius 2 is 2.27 bits per heavy atom. The monoisotopic (exact) mass is 214 g/mol. The second-order valence-electron chi connectivity index (χ2n) is 3.74. The molecule has 1 atom stereocenters. The summed E-state index contributed by atoms with van der Waals surface area (Å²) in [6.07, 6.45) is 1.99. The van der Waals surface area contributed by atoms with E-state index in [1.54, 1.807) is 0 Å². The Bertz CT molecular complexity index is 243. The fourth-order valence-corrected chi connectivity index (χ4v) is 1.90. The summed E-state index contributed by atoms with van der Waals surface area (Å²) in [5, 5.41) is 11.6. The van der Waals surface area contributed by atoms with Gasteiger partial charge in [0.15, 0.2) is 0 Å². The molecule has 0 bridgehead atoms. The number of amides is 1. The fourth-order valence-electron chi connectivity index (χ4n) is 1.90. The molecule has 0 spiro atoms. The quantitative estimate of drug-likeness (QED) is 0.679. The molecule has 5 nitrogen and oxygen atoms in total. The summed E-state index contributed by atoms with van der Waals surface area (Å²) in [6, 6.07) is -0.389. The van der Waals surface area contributed by atoms with Gasteiger partial charge in [0.1, 0.15) is 6.04 Å². The molecule has 2 N–H and O–H groups in total. The molecule has 1 aliphatic rings. The molecule has 0 aliphatic carbocycles. The molecule has 1 rings (SSSR count). The first-order valence-electron chi connectivity index (χ1n) is 5.38. The third kappa shape index (κ3) is 3.51. The number of nitrogens with one attached hydrogen (secondary N) is 1. The highest BCUT2D eigenvalue weighted by Gasteiger charge is 2.30. The van der Waals surface area contributed by atoms with Gasteiger partial charge in [-0.3, -0.25) is 14.5 Å². The third-order valence-electron chi connectivity index (χ3n) is 2.65. The van der Waals surface area contributed by atoms with Crippen molar-refractivity contribution >= 4 is 11.9 Å². The zero-order valence-corrected chi connectivity index (χ0v) is 9.03. The first-order chi connectivity index (χ1) is 7.15. The standard InChI is InChI=1S/C10H18N2O3/c1-2-11-9(13)5-7-12-6-3-4-8(12)10(14)15/h8H,2-7H2,1H3,(H,11,13)(H,14,15). The number of carboxylic acid groups (broad SMARTS) is 1. The molecule has 15 heavy (non-hydrogen) atoms. The van der Waals surface area contributed by atoms with Crippen molar-refractivity contribution in [3.05, 3.63) is 0 Å². The largest absolute Gasteiger partial charge is 0.480 e. The number of carbonyl (C=O) groups is 2. The van der Waals surface area contributed by atoms with Crippen molar-refractivity contribution in [1.29, 1.82) is 0 Å². The molecule has 1 amide bonds. The Balaban J connectivity index is 2.31. The van der Waals surface area contributed by atoms with Crippen LogP contribution in [-0.2, 0) is 9.59 Å². The zero-order valence-electron chi connectivity index (χ0n) is 9.03. The normalized spacial score (nSPS) is 21.5. The van der Waals surface area contributed by atoms with Gasteiger partial charge >= 0.3 is 5.97 Å². The van der Waals surface area contributed by atoms with Crippen LogP contribution in [0.4, 0.5) is 0 Å². The molecule has 0 aromatic carbocycles. The van der Waals surface area contributed by atoms with E-state index in [9.17, 15) is 9.59 Å². The first kappa shape index (κ1) is 12.0. The number of nitrogens with zero attached hydrogens (tertiary/aromatic N) is 1. The van der Waals surface area contributed by atoms with Gasteiger partial charge in [-0.25, -0.2) is 0 Å². The maximum absolute atomic E-state index is 11.2. The second-order valence-corrected chi connectivity index (χ2v) is 3.74. The molecule has 1 aliphatic heterocycles. The lowest BCUT2D eigenvalue weighted by Crippen LogP contribution is -2.38. The number of aliphatic carboxylic acids is 1. The minimum Gasteiger partial charge on any atom is -0.480 e. The molecule has 1 saturated heterocycles. The molecule has 0 saturated carbocycles. The molecule has 0 aromatic heterocycles. The predicted octanol–water partition coefficient (Wildman–Crippen LogP) is 0.0616. The molecule has 1 heterocycles. The van der Waals surface area contributed by atoms with Crippen molar-refractivity contribution in [2.45, 2.75) is 32.2 Å². The topological polar surface area (TPSA) is 69.6 Å². The molecule has 0 radical (unpaired) electrons. The van der Waals surface area contributed by atoms with Crippen LogP contribution in [0.3, 0.4) is 0 Å². The maximum atomic E-state index is 11.2. The van der Waals surface area contributed by atoms with Crippen molar-refractivity contribution < 1.29 is 14.7 Å². The Kier molecular flexibility index (Phi) is 4.55. The van der Waals surface area contributed by atoms with Crippen molar-refractivity contribution in [2.75, 3.05) is 19.6 Å². The molecular weight excluding hydrogens is 196 g/mol. The number of carboxylic acids is 1. The van der Waals surface area contributed by atoms with Gasteiger partial charge in [-0.2, -0.15) is 0 Å². The highest BCUT2D eigenvalue weighted by Crippen LogP contribution is 2.17. The molecule has 0 aromatic rings. The van der Waals surface area contributed by atoms with E-state index >= 15 is 0 Å². The van der Waals surface area contributed by atoms with E-state index in [4.69, 9.17) is 5.11 Å². The van der Waals surface area contributed by atoms with Crippen LogP contribution in [0.1, 0.15) is 26.2 Å². The lowest BCUT2D eigenvalue weighted by atomic mass is 10.2. The van der Waals surface area contributed by atoms with E-state index < -0.39 is 5.97 Å². The number of likely N-dealkylation sites (tertiary alicyclic amines) is 1. The van der Waals surface area contributed by atoms with E-state index in [1.165, 1.54) is 0 Å². The van der Waals surface area contributed by atoms with Gasteiger partial charge in [0.05, 0.1) is 0 Å². The highest BCUT2D eigenvalue weighted by molar-refractivity contribution is 5.76. The lowest BCUT2D eigenvalue weighted by Gasteiger charge is -2.20. The molecule has 1 unspecified atom stereocenters. The van der Waals surface area contributed by atoms with Gasteiger partial charge in [0.2, 0.25) is 5.91 Å². The average Bonchev–Trinajstić information content (AvgIpc) is 2.63. The second kappa shape index (κ2) is 5.70. The molecule has 1 fully saturated rings. The molecular formula is C10H18N2O3. The predicted molar refractivity (Wildman–Crippen MR) is 55.5 cm³/mol. The first-order valence-corrected chi connectivity index (χ1v) is 5.38.